The van der Waals surface area contributed by atoms with Crippen LogP contribution in [-0.2, 0) is 41.3 Å². The highest BCUT2D eigenvalue weighted by Gasteiger charge is 2.22. The molecule has 3 fully saturated rings. The number of hydrogen-bond donors (Lipinski definition) is 7. The van der Waals surface area contributed by atoms with E-state index in [0.29, 0.717) is 38.1 Å². The summed E-state index contributed by atoms with van der Waals surface area (Å²) in [5.41, 5.74) is 3.19. The number of hydrogen-bond acceptors (Lipinski definition) is 22. The average Bonchev–Trinajstić information content (AvgIpc) is 1.61. The number of aromatic nitrogens is 5. The lowest BCUT2D eigenvalue weighted by Crippen LogP contribution is -2.36. The van der Waals surface area contributed by atoms with E-state index in [4.69, 9.17) is 60.7 Å². The summed E-state index contributed by atoms with van der Waals surface area (Å²) in [4.78, 5) is 33.8. The molecule has 8 heterocycles. The molecule has 3 aliphatic rings. The first-order valence-corrected chi connectivity index (χ1v) is 39.5. The fourth-order valence-corrected chi connectivity index (χ4v) is 13.8. The van der Waals surface area contributed by atoms with Crippen LogP contribution in [0, 0.1) is 23.3 Å². The van der Waals surface area contributed by atoms with Gasteiger partial charge in [0.1, 0.15) is 23.3 Å². The Morgan fingerprint density at radius 1 is 0.510 bits per heavy atom. The number of aliphatic hydroxyl groups is 1. The lowest BCUT2D eigenvalue weighted by atomic mass is 9.84. The minimum absolute atomic E-state index is 0.0321. The number of halogens is 10. The number of nitrogens with one attached hydrogen (secondary N) is 3. The highest BCUT2D eigenvalue weighted by atomic mass is 36.0. The van der Waals surface area contributed by atoms with Gasteiger partial charge in [-0.1, -0.05) is 41.2 Å². The molecule has 98 heavy (non-hydrogen) atoms. The third-order valence-electron chi connectivity index (χ3n) is 13.8. The molecule has 3 aliphatic heterocycles. The van der Waals surface area contributed by atoms with Gasteiger partial charge in [-0.2, -0.15) is 0 Å². The number of alkyl halides is 1. The molecule has 4 aromatic carbocycles. The van der Waals surface area contributed by atoms with Crippen LogP contribution in [0.5, 0.6) is 0 Å². The summed E-state index contributed by atoms with van der Waals surface area (Å²) in [5, 5.41) is 48.7. The summed E-state index contributed by atoms with van der Waals surface area (Å²) in [6.07, 6.45) is 20.6. The predicted molar refractivity (Wildman–Crippen MR) is 410 cm³/mol. The van der Waals surface area contributed by atoms with Crippen molar-refractivity contribution in [1.82, 2.24) is 30.2 Å². The van der Waals surface area contributed by atoms with Crippen LogP contribution in [-0.4, -0.2) is 110 Å². The molecular formula is C62H77B3Cl6F4N12O5S6. The molecule has 9 aromatic rings. The maximum atomic E-state index is 13.1. The molecule has 0 unspecified atom stereocenters. The Morgan fingerprint density at radius 2 is 0.857 bits per heavy atom. The average molecular weight is 1580 g/mol. The smallest absolute Gasteiger partial charge is 0.409 e. The standard InChI is InChI=1S/C16H21BFN3OS.C15H18FN3S.C11H11BClFN2OS.C7H9BFNO.C5H11N.C4H3Cl2NS.C4H4ClNOS.Cl2OS/c1-17(22)21(14-7-5-13(18)6-8-14)12-15-11-19-16(23-15)20-9-3-2-4-10-20;16-12-4-6-13(7-5-12)17-10-14-11-18-15(20-14)19-8-2-1-3-9-19;1-12(17)16(7-10-6-15-11(13)18-10)9-4-2-8(14)3-5-9;1-8(11)10-7-4-2-6(9)3-5-7;1-2-4-6-5-3-1;5-1-3-2-7-4(6)8-3;5-4-6-1-3(2-7)8-4;1-4(2)3/h5-8,11,22H,2-4,9-10,12H2,1H3;4-7,11,17H,1-3,8-10H2;2-6,17H,7H2,1H3;2-5,10-11H,1H3;6H,1-5H2;2H,1H2;1,7H,2H2;. The Morgan fingerprint density at radius 3 is 1.18 bits per heavy atom. The van der Waals surface area contributed by atoms with Crippen molar-refractivity contribution in [3.63, 3.8) is 0 Å². The molecule has 0 radical (unpaired) electrons. The van der Waals surface area contributed by atoms with Gasteiger partial charge in [0, 0.05) is 134 Å². The van der Waals surface area contributed by atoms with Crippen molar-refractivity contribution in [1.29, 1.82) is 0 Å². The van der Waals surface area contributed by atoms with E-state index in [2.05, 4.69) is 71.9 Å². The summed E-state index contributed by atoms with van der Waals surface area (Å²) < 4.78 is 61.7. The van der Waals surface area contributed by atoms with Gasteiger partial charge in [0.05, 0.1) is 23.9 Å². The van der Waals surface area contributed by atoms with Gasteiger partial charge in [-0.3, -0.25) is 0 Å². The third-order valence-corrected chi connectivity index (χ3v) is 19.7. The first-order chi connectivity index (χ1) is 47.1. The Hall–Kier alpha value is -4.57. The first kappa shape index (κ1) is 84.1. The van der Waals surface area contributed by atoms with Crippen molar-refractivity contribution >= 4 is 188 Å². The fourth-order valence-electron chi connectivity index (χ4n) is 9.10. The molecule has 12 rings (SSSR count). The largest absolute Gasteiger partial charge is 0.433 e. The predicted octanol–water partition coefficient (Wildman–Crippen LogP) is 17.3. The molecule has 0 amide bonds. The Kier molecular flexibility index (Phi) is 40.8. The van der Waals surface area contributed by atoms with E-state index in [0.717, 1.165) is 79.6 Å². The molecule has 0 saturated carbocycles. The number of nitrogens with zero attached hydrogens (tertiary/aromatic N) is 9. The van der Waals surface area contributed by atoms with Gasteiger partial charge in [0.2, 0.25) is 9.23 Å². The summed E-state index contributed by atoms with van der Waals surface area (Å²) in [5.74, 6) is -0.554. The van der Waals surface area contributed by atoms with Gasteiger partial charge < -0.3 is 55.5 Å². The van der Waals surface area contributed by atoms with Crippen molar-refractivity contribution in [2.45, 2.75) is 110 Å². The van der Waals surface area contributed by atoms with E-state index in [-0.39, 0.29) is 29.9 Å². The highest BCUT2D eigenvalue weighted by Crippen LogP contribution is 2.30. The van der Waals surface area contributed by atoms with Gasteiger partial charge >= 0.3 is 21.2 Å². The summed E-state index contributed by atoms with van der Waals surface area (Å²) in [6.45, 7) is 13.7. The van der Waals surface area contributed by atoms with Crippen molar-refractivity contribution in [3.05, 3.63) is 189 Å². The summed E-state index contributed by atoms with van der Waals surface area (Å²) >= 11 is 29.6. The van der Waals surface area contributed by atoms with Crippen molar-refractivity contribution in [2.75, 3.05) is 69.2 Å². The molecule has 0 aliphatic carbocycles. The molecular weight excluding hydrogens is 1510 g/mol. The van der Waals surface area contributed by atoms with Crippen LogP contribution in [0.4, 0.5) is 50.6 Å². The first-order valence-electron chi connectivity index (χ1n) is 31.0. The zero-order valence-corrected chi connectivity index (χ0v) is 63.4. The minimum Gasteiger partial charge on any atom is -0.433 e. The van der Waals surface area contributed by atoms with Crippen LogP contribution in [0.15, 0.2) is 128 Å². The topological polar surface area (TPSA) is 211 Å². The molecule has 0 bridgehead atoms. The molecule has 3 saturated heterocycles. The second-order valence-electron chi connectivity index (χ2n) is 21.5. The SMILES string of the molecule is C1CCNCC1.CB(O)N(Cc1cnc(Cl)s1)c1ccc(F)cc1.CB(O)N(Cc1cnc(N2CCCCC2)s1)c1ccc(F)cc1.CB(O)Nc1ccc(F)cc1.ClCc1cnc(Cl)s1.Fc1ccc(NCc2cnc(N3CCCCC3)s2)cc1.O=S(Cl)Cl.OCc1cnc(Cl)s1. The Balaban J connectivity index is 0.000000213. The van der Waals surface area contributed by atoms with Gasteiger partial charge in [-0.25, -0.2) is 46.7 Å². The lowest BCUT2D eigenvalue weighted by molar-refractivity contribution is 0.285. The van der Waals surface area contributed by atoms with Crippen molar-refractivity contribution in [2.24, 2.45) is 0 Å². The van der Waals surface area contributed by atoms with Gasteiger partial charge in [0.15, 0.2) is 23.7 Å². The van der Waals surface area contributed by atoms with E-state index in [1.807, 2.05) is 17.2 Å². The van der Waals surface area contributed by atoms with Crippen LogP contribution >= 0.6 is 124 Å². The minimum atomic E-state index is -1.67. The normalized spacial score (nSPS) is 13.0. The summed E-state index contributed by atoms with van der Waals surface area (Å²) in [7, 11) is 5.41. The van der Waals surface area contributed by atoms with E-state index in [9.17, 15) is 27.6 Å². The van der Waals surface area contributed by atoms with Gasteiger partial charge in [-0.05, 0) is 182 Å². The molecule has 530 valence electrons. The second kappa shape index (κ2) is 47.6. The maximum absolute atomic E-state index is 13.1. The van der Waals surface area contributed by atoms with Crippen molar-refractivity contribution in [3.8, 4) is 0 Å². The molecule has 0 spiro atoms. The second-order valence-corrected chi connectivity index (χ2v) is 31.6. The molecule has 0 atom stereocenters. The maximum Gasteiger partial charge on any atom is 0.409 e. The lowest BCUT2D eigenvalue weighted by Gasteiger charge is -2.26. The number of anilines is 6. The van der Waals surface area contributed by atoms with Crippen LogP contribution in [0.1, 0.15) is 82.2 Å². The Labute approximate surface area is 623 Å². The van der Waals surface area contributed by atoms with Crippen molar-refractivity contribution < 1.29 is 41.9 Å². The highest BCUT2D eigenvalue weighted by molar-refractivity contribution is 8.26. The molecule has 17 nitrogen and oxygen atoms in total. The third kappa shape index (κ3) is 34.4. The molecule has 36 heteroatoms. The number of thiazole rings is 5. The molecule has 5 aromatic heterocycles. The van der Waals surface area contributed by atoms with Crippen LogP contribution < -0.4 is 35.3 Å². The van der Waals surface area contributed by atoms with Gasteiger partial charge in [-0.15, -0.1) is 68.3 Å². The zero-order valence-electron chi connectivity index (χ0n) is 53.9. The number of aliphatic hydroxyl groups excluding tert-OH is 1. The fraction of sp³-hybridized carbons (Fsp3) is 0.371. The zero-order chi connectivity index (χ0) is 71.2. The van der Waals surface area contributed by atoms with Crippen LogP contribution in [0.2, 0.25) is 33.9 Å². The van der Waals surface area contributed by atoms with Crippen LogP contribution in [0.25, 0.3) is 0 Å². The number of benzene rings is 4. The van der Waals surface area contributed by atoms with E-state index < -0.39 is 30.4 Å². The van der Waals surface area contributed by atoms with E-state index in [1.54, 1.807) is 115 Å². The summed E-state index contributed by atoms with van der Waals surface area (Å²) in [6, 6.07) is 24.5. The molecule has 7 N–H and O–H groups in total. The Bertz CT molecular complexity index is 3550. The van der Waals surface area contributed by atoms with E-state index in [1.165, 1.54) is 158 Å². The monoisotopic (exact) mass is 1580 g/mol. The van der Waals surface area contributed by atoms with E-state index >= 15 is 0 Å². The van der Waals surface area contributed by atoms with Gasteiger partial charge in [0.25, 0.3) is 0 Å². The number of rotatable bonds is 17. The quantitative estimate of drug-likeness (QED) is 0.0196. The number of piperidine rings is 3. The van der Waals surface area contributed by atoms with Crippen LogP contribution in [0.3, 0.4) is 0 Å².